The smallest absolute Gasteiger partial charge is 0.115 e. The molecular weight excluding hydrogens is 352 g/mol. The lowest BCUT2D eigenvalue weighted by atomic mass is 9.53. The van der Waals surface area contributed by atoms with E-state index in [9.17, 15) is 10.2 Å². The molecule has 3 heteroatoms. The van der Waals surface area contributed by atoms with Crippen LogP contribution in [0.15, 0.2) is 29.6 Å². The SMILES string of the molecule is Cc1csc(C[C@]2(O)CC[C@H]3[C@@H]4CCc5cc(O)ccc5[C@H]4CC[C@@]32C)c1. The highest BCUT2D eigenvalue weighted by Gasteiger charge is 2.61. The highest BCUT2D eigenvalue weighted by Crippen LogP contribution is 2.65. The number of benzene rings is 1. The molecule has 2 saturated carbocycles. The van der Waals surface area contributed by atoms with Crippen LogP contribution in [0.5, 0.6) is 5.75 Å². The van der Waals surface area contributed by atoms with E-state index in [1.165, 1.54) is 34.4 Å². The number of phenols is 1. The standard InChI is InChI=1S/C24H30O2S/c1-15-11-18(27-14-15)13-24(26)10-8-22-21-5-3-16-12-17(25)4-6-19(16)20(21)7-9-23(22,24)2/h4,6,11-12,14,20-22,25-26H,3,5,7-10,13H2,1-2H3/t20-,21-,22+,23+,24-/m1/s1. The molecule has 1 aromatic heterocycles. The van der Waals surface area contributed by atoms with Crippen LogP contribution in [0.4, 0.5) is 0 Å². The van der Waals surface area contributed by atoms with Crippen molar-refractivity contribution in [3.05, 3.63) is 51.2 Å². The number of phenolic OH excluding ortho intramolecular Hbond substituents is 1. The lowest BCUT2D eigenvalue weighted by Gasteiger charge is -2.53. The van der Waals surface area contributed by atoms with Crippen LogP contribution < -0.4 is 0 Å². The number of fused-ring (bicyclic) bond motifs is 5. The Morgan fingerprint density at radius 2 is 2.00 bits per heavy atom. The van der Waals surface area contributed by atoms with Gasteiger partial charge in [0, 0.05) is 11.3 Å². The molecule has 0 spiro atoms. The van der Waals surface area contributed by atoms with Gasteiger partial charge in [0.05, 0.1) is 5.60 Å². The fourth-order valence-electron chi connectivity index (χ4n) is 6.84. The Morgan fingerprint density at radius 1 is 1.15 bits per heavy atom. The fourth-order valence-corrected chi connectivity index (χ4v) is 7.82. The van der Waals surface area contributed by atoms with Crippen molar-refractivity contribution >= 4 is 11.3 Å². The van der Waals surface area contributed by atoms with E-state index in [2.05, 4.69) is 31.4 Å². The van der Waals surface area contributed by atoms with Gasteiger partial charge in [0.25, 0.3) is 0 Å². The zero-order chi connectivity index (χ0) is 18.8. The van der Waals surface area contributed by atoms with Crippen molar-refractivity contribution in [3.63, 3.8) is 0 Å². The molecule has 0 bridgehead atoms. The average Bonchev–Trinajstić information content (AvgIpc) is 3.15. The van der Waals surface area contributed by atoms with Gasteiger partial charge in [0.15, 0.2) is 0 Å². The topological polar surface area (TPSA) is 40.5 Å². The summed E-state index contributed by atoms with van der Waals surface area (Å²) in [6, 6.07) is 8.26. The Balaban J connectivity index is 1.45. The Kier molecular flexibility index (Phi) is 4.00. The van der Waals surface area contributed by atoms with Crippen LogP contribution in [0.2, 0.25) is 0 Å². The van der Waals surface area contributed by atoms with Gasteiger partial charge >= 0.3 is 0 Å². The van der Waals surface area contributed by atoms with Gasteiger partial charge in [-0.1, -0.05) is 13.0 Å². The first-order chi connectivity index (χ1) is 12.9. The molecule has 2 N–H and O–H groups in total. The van der Waals surface area contributed by atoms with Crippen molar-refractivity contribution < 1.29 is 10.2 Å². The van der Waals surface area contributed by atoms with Gasteiger partial charge in [-0.3, -0.25) is 0 Å². The quantitative estimate of drug-likeness (QED) is 0.710. The number of hydrogen-bond donors (Lipinski definition) is 2. The maximum atomic E-state index is 11.8. The lowest BCUT2D eigenvalue weighted by molar-refractivity contribution is -0.101. The van der Waals surface area contributed by atoms with Gasteiger partial charge in [-0.25, -0.2) is 0 Å². The van der Waals surface area contributed by atoms with E-state index in [4.69, 9.17) is 0 Å². The van der Waals surface area contributed by atoms with E-state index in [1.807, 2.05) is 12.1 Å². The van der Waals surface area contributed by atoms with Gasteiger partial charge in [-0.05, 0) is 109 Å². The first-order valence-corrected chi connectivity index (χ1v) is 11.4. The zero-order valence-corrected chi connectivity index (χ0v) is 17.2. The summed E-state index contributed by atoms with van der Waals surface area (Å²) in [7, 11) is 0. The minimum absolute atomic E-state index is 0.0283. The van der Waals surface area contributed by atoms with Crippen molar-refractivity contribution in [2.75, 3.05) is 0 Å². The third-order valence-electron chi connectivity index (χ3n) is 8.28. The summed E-state index contributed by atoms with van der Waals surface area (Å²) >= 11 is 1.80. The Morgan fingerprint density at radius 3 is 2.78 bits per heavy atom. The molecule has 5 atom stereocenters. The molecule has 0 radical (unpaired) electrons. The van der Waals surface area contributed by atoms with E-state index in [1.54, 1.807) is 11.3 Å². The van der Waals surface area contributed by atoms with E-state index >= 15 is 0 Å². The molecule has 1 aromatic carbocycles. The summed E-state index contributed by atoms with van der Waals surface area (Å²) < 4.78 is 0. The largest absolute Gasteiger partial charge is 0.508 e. The van der Waals surface area contributed by atoms with Crippen LogP contribution in [-0.4, -0.2) is 15.8 Å². The summed E-state index contributed by atoms with van der Waals surface area (Å²) in [6.07, 6.45) is 7.47. The third kappa shape index (κ3) is 2.61. The predicted molar refractivity (Wildman–Crippen MR) is 110 cm³/mol. The van der Waals surface area contributed by atoms with Crippen molar-refractivity contribution in [3.8, 4) is 5.75 Å². The molecule has 0 aliphatic heterocycles. The van der Waals surface area contributed by atoms with Crippen LogP contribution in [0.25, 0.3) is 0 Å². The van der Waals surface area contributed by atoms with E-state index in [0.717, 1.165) is 32.1 Å². The zero-order valence-electron chi connectivity index (χ0n) is 16.4. The molecule has 0 amide bonds. The van der Waals surface area contributed by atoms with Crippen LogP contribution >= 0.6 is 11.3 Å². The van der Waals surface area contributed by atoms with Gasteiger partial charge in [-0.15, -0.1) is 11.3 Å². The summed E-state index contributed by atoms with van der Waals surface area (Å²) in [4.78, 5) is 1.34. The van der Waals surface area contributed by atoms with Gasteiger partial charge in [0.1, 0.15) is 5.75 Å². The highest BCUT2D eigenvalue weighted by atomic mass is 32.1. The second-order valence-corrected chi connectivity index (χ2v) is 10.6. The number of aryl methyl sites for hydroxylation is 2. The Hall–Kier alpha value is -1.32. The second-order valence-electron chi connectivity index (χ2n) is 9.59. The van der Waals surface area contributed by atoms with Crippen LogP contribution in [0, 0.1) is 24.2 Å². The van der Waals surface area contributed by atoms with Gasteiger partial charge in [0.2, 0.25) is 0 Å². The minimum atomic E-state index is -0.560. The molecule has 0 saturated heterocycles. The normalized spacial score (nSPS) is 37.5. The van der Waals surface area contributed by atoms with Crippen LogP contribution in [0.3, 0.4) is 0 Å². The number of aromatic hydroxyl groups is 1. The number of aliphatic hydroxyl groups is 1. The summed E-state index contributed by atoms with van der Waals surface area (Å²) in [6.45, 7) is 4.53. The third-order valence-corrected chi connectivity index (χ3v) is 9.34. The summed E-state index contributed by atoms with van der Waals surface area (Å²) in [5, 5.41) is 23.9. The number of rotatable bonds is 2. The van der Waals surface area contributed by atoms with Crippen LogP contribution in [-0.2, 0) is 12.8 Å². The van der Waals surface area contributed by atoms with Gasteiger partial charge in [-0.2, -0.15) is 0 Å². The molecule has 27 heavy (non-hydrogen) atoms. The molecule has 2 fully saturated rings. The predicted octanol–water partition coefficient (Wildman–Crippen LogP) is 5.59. The molecule has 2 nitrogen and oxygen atoms in total. The molecular formula is C24H30O2S. The molecule has 3 aliphatic rings. The average molecular weight is 383 g/mol. The summed E-state index contributed by atoms with van der Waals surface area (Å²) in [5.41, 5.74) is 3.60. The molecule has 1 heterocycles. The maximum Gasteiger partial charge on any atom is 0.115 e. The molecule has 0 unspecified atom stereocenters. The first-order valence-electron chi connectivity index (χ1n) is 10.5. The Labute approximate surface area is 166 Å². The van der Waals surface area contributed by atoms with Crippen molar-refractivity contribution in [2.45, 2.75) is 70.3 Å². The number of hydrogen-bond acceptors (Lipinski definition) is 3. The van der Waals surface area contributed by atoms with Crippen molar-refractivity contribution in [1.82, 2.24) is 0 Å². The summed E-state index contributed by atoms with van der Waals surface area (Å²) in [5.74, 6) is 2.30. The Bertz CT molecular complexity index is 871. The van der Waals surface area contributed by atoms with Crippen LogP contribution in [0.1, 0.15) is 66.5 Å². The van der Waals surface area contributed by atoms with E-state index < -0.39 is 5.60 Å². The van der Waals surface area contributed by atoms with Crippen molar-refractivity contribution in [1.29, 1.82) is 0 Å². The molecule has 3 aliphatic carbocycles. The van der Waals surface area contributed by atoms with Gasteiger partial charge < -0.3 is 10.2 Å². The highest BCUT2D eigenvalue weighted by molar-refractivity contribution is 7.10. The van der Waals surface area contributed by atoms with E-state index in [-0.39, 0.29) is 5.41 Å². The number of thiophene rings is 1. The molecule has 2 aromatic rings. The lowest BCUT2D eigenvalue weighted by Crippen LogP contribution is -2.51. The van der Waals surface area contributed by atoms with Crippen molar-refractivity contribution in [2.24, 2.45) is 17.3 Å². The fraction of sp³-hybridized carbons (Fsp3) is 0.583. The second kappa shape index (κ2) is 6.09. The first kappa shape index (κ1) is 17.8. The monoisotopic (exact) mass is 382 g/mol. The molecule has 5 rings (SSSR count). The molecule has 144 valence electrons. The minimum Gasteiger partial charge on any atom is -0.508 e. The van der Waals surface area contributed by atoms with E-state index in [0.29, 0.717) is 23.5 Å². The maximum absolute atomic E-state index is 11.8.